The molecule has 0 bridgehead atoms. The van der Waals surface area contributed by atoms with Crippen LogP contribution < -0.4 is 10.9 Å². The number of carbonyl (C=O) groups excluding carboxylic acids is 1. The second kappa shape index (κ2) is 10.0. The number of hydrogen-bond donors (Lipinski definition) is 1. The number of nitrogens with zero attached hydrogens (tertiary/aromatic N) is 4. The van der Waals surface area contributed by atoms with Crippen molar-refractivity contribution < 1.29 is 4.79 Å². The van der Waals surface area contributed by atoms with Gasteiger partial charge in [-0.15, -0.1) is 10.2 Å². The molecule has 2 aromatic heterocycles. The van der Waals surface area contributed by atoms with Crippen molar-refractivity contribution in [2.75, 3.05) is 5.75 Å². The number of aromatic nitrogens is 4. The molecule has 0 unspecified atom stereocenters. The molecule has 0 radical (unpaired) electrons. The number of carbonyl (C=O) groups is 1. The number of para-hydroxylation sites is 1. The van der Waals surface area contributed by atoms with Gasteiger partial charge in [0.2, 0.25) is 11.7 Å². The molecule has 4 aromatic rings. The number of rotatable bonds is 5. The summed E-state index contributed by atoms with van der Waals surface area (Å²) in [6.45, 7) is 2.01. The van der Waals surface area contributed by atoms with Crippen molar-refractivity contribution in [3.8, 4) is 5.69 Å². The van der Waals surface area contributed by atoms with Crippen molar-refractivity contribution in [2.24, 2.45) is 0 Å². The summed E-state index contributed by atoms with van der Waals surface area (Å²) in [5.41, 5.74) is 2.44. The minimum atomic E-state index is -0.141. The molecule has 1 amide bonds. The Morgan fingerprint density at radius 2 is 1.71 bits per heavy atom. The van der Waals surface area contributed by atoms with Gasteiger partial charge in [-0.3, -0.25) is 14.0 Å². The van der Waals surface area contributed by atoms with E-state index in [-0.39, 0.29) is 23.3 Å². The van der Waals surface area contributed by atoms with E-state index >= 15 is 0 Å². The summed E-state index contributed by atoms with van der Waals surface area (Å²) >= 11 is 1.35. The molecular weight excluding hydrogens is 446 g/mol. The smallest absolute Gasteiger partial charge is 0.267 e. The summed E-state index contributed by atoms with van der Waals surface area (Å²) in [5, 5.41) is 13.1. The fraction of sp³-hybridized carbons (Fsp3) is 0.385. The number of benzene rings is 2. The molecule has 0 atom stereocenters. The summed E-state index contributed by atoms with van der Waals surface area (Å²) in [5.74, 6) is 0.717. The lowest BCUT2D eigenvalue weighted by molar-refractivity contribution is -0.119. The van der Waals surface area contributed by atoms with E-state index in [0.29, 0.717) is 16.3 Å². The third kappa shape index (κ3) is 4.59. The number of nitrogens with one attached hydrogen (secondary N) is 1. The van der Waals surface area contributed by atoms with E-state index in [9.17, 15) is 9.59 Å². The van der Waals surface area contributed by atoms with Crippen LogP contribution in [0.2, 0.25) is 0 Å². The zero-order chi connectivity index (χ0) is 23.5. The highest BCUT2D eigenvalue weighted by Gasteiger charge is 2.19. The van der Waals surface area contributed by atoms with Crippen LogP contribution in [-0.4, -0.2) is 36.9 Å². The third-order valence-electron chi connectivity index (χ3n) is 6.49. The Hall–Kier alpha value is -3.13. The fourth-order valence-corrected chi connectivity index (χ4v) is 5.45. The summed E-state index contributed by atoms with van der Waals surface area (Å²) in [4.78, 5) is 26.1. The predicted octanol–water partition coefficient (Wildman–Crippen LogP) is 4.66. The largest absolute Gasteiger partial charge is 0.353 e. The van der Waals surface area contributed by atoms with Gasteiger partial charge >= 0.3 is 0 Å². The fourth-order valence-electron chi connectivity index (χ4n) is 4.70. The van der Waals surface area contributed by atoms with E-state index in [4.69, 9.17) is 0 Å². The van der Waals surface area contributed by atoms with Gasteiger partial charge in [-0.25, -0.2) is 4.57 Å². The van der Waals surface area contributed by atoms with Crippen LogP contribution in [0.4, 0.5) is 0 Å². The molecule has 5 rings (SSSR count). The van der Waals surface area contributed by atoms with E-state index in [2.05, 4.69) is 15.5 Å². The quantitative estimate of drug-likeness (QED) is 0.425. The molecule has 1 fully saturated rings. The first-order valence-corrected chi connectivity index (χ1v) is 13.0. The van der Waals surface area contributed by atoms with Gasteiger partial charge in [0.15, 0.2) is 5.16 Å². The maximum atomic E-state index is 13.4. The van der Waals surface area contributed by atoms with Crippen molar-refractivity contribution in [3.05, 3.63) is 64.4 Å². The summed E-state index contributed by atoms with van der Waals surface area (Å²) in [6, 6.07) is 15.5. The van der Waals surface area contributed by atoms with E-state index in [0.717, 1.165) is 29.6 Å². The Labute approximate surface area is 202 Å². The highest BCUT2D eigenvalue weighted by atomic mass is 32.2. The van der Waals surface area contributed by atoms with Crippen molar-refractivity contribution in [2.45, 2.75) is 63.1 Å². The number of fused-ring (bicyclic) bond motifs is 3. The zero-order valence-corrected chi connectivity index (χ0v) is 20.2. The summed E-state index contributed by atoms with van der Waals surface area (Å²) < 4.78 is 3.47. The van der Waals surface area contributed by atoms with Gasteiger partial charge in [0.25, 0.3) is 5.56 Å². The summed E-state index contributed by atoms with van der Waals surface area (Å²) in [6.07, 6.45) is 8.27. The lowest BCUT2D eigenvalue weighted by atomic mass is 9.97. The Balaban J connectivity index is 1.46. The monoisotopic (exact) mass is 475 g/mol. The molecule has 0 saturated heterocycles. The first-order valence-electron chi connectivity index (χ1n) is 12.0. The van der Waals surface area contributed by atoms with Crippen LogP contribution in [0, 0.1) is 6.92 Å². The average Bonchev–Trinajstić information content (AvgIpc) is 3.24. The molecule has 1 saturated carbocycles. The Kier molecular flexibility index (Phi) is 6.67. The number of amides is 1. The summed E-state index contributed by atoms with van der Waals surface area (Å²) in [7, 11) is 0. The standard InChI is InChI=1S/C26H29N5O2S/c1-18-13-15-20(16-14-18)30-24(33)21-11-7-8-12-22(21)31-25(30)28-29-26(31)34-17-23(32)27-19-9-5-3-2-4-6-10-19/h7-8,11-16,19H,2-6,9-10,17H2,1H3,(H,27,32). The van der Waals surface area contributed by atoms with E-state index < -0.39 is 0 Å². The van der Waals surface area contributed by atoms with Crippen molar-refractivity contribution in [1.29, 1.82) is 0 Å². The van der Waals surface area contributed by atoms with Crippen molar-refractivity contribution in [3.63, 3.8) is 0 Å². The molecule has 2 aromatic carbocycles. The molecule has 8 heteroatoms. The van der Waals surface area contributed by atoms with Gasteiger partial charge in [-0.1, -0.05) is 73.7 Å². The predicted molar refractivity (Wildman–Crippen MR) is 136 cm³/mol. The number of thioether (sulfide) groups is 1. The van der Waals surface area contributed by atoms with Gasteiger partial charge < -0.3 is 5.32 Å². The van der Waals surface area contributed by atoms with E-state index in [1.807, 2.05) is 59.9 Å². The van der Waals surface area contributed by atoms with Crippen LogP contribution in [0.1, 0.15) is 50.5 Å². The first kappa shape index (κ1) is 22.7. The Morgan fingerprint density at radius 1 is 1.00 bits per heavy atom. The molecule has 0 aliphatic heterocycles. The topological polar surface area (TPSA) is 81.3 Å². The third-order valence-corrected chi connectivity index (χ3v) is 7.42. The maximum Gasteiger partial charge on any atom is 0.267 e. The van der Waals surface area contributed by atoms with Crippen LogP contribution in [0.3, 0.4) is 0 Å². The molecule has 2 heterocycles. The zero-order valence-electron chi connectivity index (χ0n) is 19.4. The Morgan fingerprint density at radius 3 is 2.47 bits per heavy atom. The molecule has 1 N–H and O–H groups in total. The highest BCUT2D eigenvalue weighted by molar-refractivity contribution is 7.99. The minimum Gasteiger partial charge on any atom is -0.353 e. The first-order chi connectivity index (χ1) is 16.6. The van der Waals surface area contributed by atoms with Crippen LogP contribution in [0.5, 0.6) is 0 Å². The molecule has 176 valence electrons. The SMILES string of the molecule is Cc1ccc(-n2c(=O)c3ccccc3n3c(SCC(=O)NC4CCCCCCC4)nnc23)cc1. The van der Waals surface area contributed by atoms with Gasteiger partial charge in [-0.2, -0.15) is 0 Å². The van der Waals surface area contributed by atoms with Crippen LogP contribution >= 0.6 is 11.8 Å². The van der Waals surface area contributed by atoms with Gasteiger partial charge in [0.1, 0.15) is 0 Å². The lowest BCUT2D eigenvalue weighted by Gasteiger charge is -2.20. The van der Waals surface area contributed by atoms with Crippen LogP contribution in [-0.2, 0) is 4.79 Å². The normalized spacial score (nSPS) is 15.3. The van der Waals surface area contributed by atoms with Crippen molar-refractivity contribution in [1.82, 2.24) is 24.5 Å². The van der Waals surface area contributed by atoms with Crippen molar-refractivity contribution >= 4 is 34.3 Å². The maximum absolute atomic E-state index is 13.4. The van der Waals surface area contributed by atoms with Gasteiger partial charge in [-0.05, 0) is 44.0 Å². The molecule has 7 nitrogen and oxygen atoms in total. The second-order valence-corrected chi connectivity index (χ2v) is 9.95. The lowest BCUT2D eigenvalue weighted by Crippen LogP contribution is -2.36. The van der Waals surface area contributed by atoms with Crippen LogP contribution in [0.25, 0.3) is 22.4 Å². The highest BCUT2D eigenvalue weighted by Crippen LogP contribution is 2.24. The molecule has 1 aliphatic rings. The number of aryl methyl sites for hydroxylation is 1. The minimum absolute atomic E-state index is 0.0171. The Bertz CT molecular complexity index is 1370. The van der Waals surface area contributed by atoms with Crippen LogP contribution in [0.15, 0.2) is 58.5 Å². The molecule has 1 aliphatic carbocycles. The second-order valence-electron chi connectivity index (χ2n) is 9.01. The van der Waals surface area contributed by atoms with Gasteiger partial charge in [0.05, 0.1) is 22.3 Å². The molecule has 0 spiro atoms. The van der Waals surface area contributed by atoms with E-state index in [1.54, 1.807) is 4.57 Å². The molecule has 34 heavy (non-hydrogen) atoms. The average molecular weight is 476 g/mol. The van der Waals surface area contributed by atoms with Gasteiger partial charge in [0, 0.05) is 6.04 Å². The molecular formula is C26H29N5O2S. The van der Waals surface area contributed by atoms with E-state index in [1.165, 1.54) is 43.9 Å². The number of hydrogen-bond acceptors (Lipinski definition) is 5.